The maximum absolute atomic E-state index is 12.8. The molecule has 1 saturated carbocycles. The minimum absolute atomic E-state index is 0.0188. The Balaban J connectivity index is 2.41. The Morgan fingerprint density at radius 3 is 2.60 bits per heavy atom. The van der Waals surface area contributed by atoms with E-state index in [2.05, 4.69) is 0 Å². The summed E-state index contributed by atoms with van der Waals surface area (Å²) in [6, 6.07) is 4.35. The molecule has 0 atom stereocenters. The van der Waals surface area contributed by atoms with Crippen molar-refractivity contribution in [2.24, 2.45) is 0 Å². The number of nitrogens with zero attached hydrogens (tertiary/aromatic N) is 1. The van der Waals surface area contributed by atoms with Gasteiger partial charge in [-0.3, -0.25) is 0 Å². The number of hydrogen-bond donors (Lipinski definition) is 2. The number of nitrogen functional groups attached to an aromatic ring is 1. The molecule has 0 bridgehead atoms. The van der Waals surface area contributed by atoms with Gasteiger partial charge in [-0.1, -0.05) is 24.4 Å². The van der Waals surface area contributed by atoms with Gasteiger partial charge in [-0.25, -0.2) is 8.42 Å². The first kappa shape index (κ1) is 15.6. The van der Waals surface area contributed by atoms with Crippen LogP contribution in [0.25, 0.3) is 0 Å². The molecule has 20 heavy (non-hydrogen) atoms. The minimum atomic E-state index is -3.74. The molecular formula is C13H19ClN2O3S. The second-order valence-corrected chi connectivity index (χ2v) is 7.26. The number of halogens is 1. The molecule has 3 N–H and O–H groups in total. The fraction of sp³-hybridized carbons (Fsp3) is 0.538. The van der Waals surface area contributed by atoms with Gasteiger partial charge in [0.25, 0.3) is 0 Å². The molecule has 0 unspecified atom stereocenters. The van der Waals surface area contributed by atoms with E-state index < -0.39 is 10.0 Å². The molecule has 0 amide bonds. The number of sulfonamides is 1. The van der Waals surface area contributed by atoms with Gasteiger partial charge < -0.3 is 10.8 Å². The molecule has 0 radical (unpaired) electrons. The second-order valence-electron chi connectivity index (χ2n) is 4.96. The van der Waals surface area contributed by atoms with Crippen LogP contribution in [-0.2, 0) is 10.0 Å². The van der Waals surface area contributed by atoms with Crippen LogP contribution in [0, 0.1) is 0 Å². The number of anilines is 1. The van der Waals surface area contributed by atoms with Gasteiger partial charge in [-0.15, -0.1) is 0 Å². The molecule has 1 aromatic carbocycles. The molecule has 0 spiro atoms. The highest BCUT2D eigenvalue weighted by Crippen LogP contribution is 2.31. The van der Waals surface area contributed by atoms with Crippen LogP contribution in [0.4, 0.5) is 5.69 Å². The van der Waals surface area contributed by atoms with Crippen LogP contribution in [0.1, 0.15) is 25.7 Å². The third-order valence-electron chi connectivity index (χ3n) is 3.61. The van der Waals surface area contributed by atoms with E-state index in [1.54, 1.807) is 6.07 Å². The van der Waals surface area contributed by atoms with Gasteiger partial charge in [0.05, 0.1) is 12.3 Å². The monoisotopic (exact) mass is 318 g/mol. The molecule has 1 aromatic rings. The largest absolute Gasteiger partial charge is 0.398 e. The van der Waals surface area contributed by atoms with Gasteiger partial charge in [-0.05, 0) is 31.0 Å². The number of aliphatic hydroxyl groups excluding tert-OH is 1. The molecule has 2 rings (SSSR count). The average molecular weight is 319 g/mol. The van der Waals surface area contributed by atoms with Crippen molar-refractivity contribution < 1.29 is 13.5 Å². The Kier molecular flexibility index (Phi) is 4.90. The zero-order valence-corrected chi connectivity index (χ0v) is 12.7. The van der Waals surface area contributed by atoms with E-state index >= 15 is 0 Å². The van der Waals surface area contributed by atoms with Crippen molar-refractivity contribution in [2.45, 2.75) is 36.6 Å². The van der Waals surface area contributed by atoms with Crippen molar-refractivity contribution in [1.29, 1.82) is 0 Å². The van der Waals surface area contributed by atoms with E-state index in [0.717, 1.165) is 25.7 Å². The summed E-state index contributed by atoms with van der Waals surface area (Å²) in [4.78, 5) is 0.0188. The number of benzene rings is 1. The van der Waals surface area contributed by atoms with Gasteiger partial charge in [0.15, 0.2) is 0 Å². The zero-order chi connectivity index (χ0) is 14.8. The van der Waals surface area contributed by atoms with Crippen molar-refractivity contribution in [3.8, 4) is 0 Å². The van der Waals surface area contributed by atoms with Crippen molar-refractivity contribution >= 4 is 27.3 Å². The fourth-order valence-corrected chi connectivity index (χ4v) is 4.70. The van der Waals surface area contributed by atoms with Crippen molar-refractivity contribution in [1.82, 2.24) is 4.31 Å². The van der Waals surface area contributed by atoms with E-state index in [-0.39, 0.29) is 29.8 Å². The SMILES string of the molecule is Nc1ccc(Cl)cc1S(=O)(=O)N(CCO)C1CCCC1. The highest BCUT2D eigenvalue weighted by molar-refractivity contribution is 7.89. The molecule has 0 aromatic heterocycles. The van der Waals surface area contributed by atoms with E-state index in [0.29, 0.717) is 5.02 Å². The minimum Gasteiger partial charge on any atom is -0.398 e. The van der Waals surface area contributed by atoms with Gasteiger partial charge in [0.1, 0.15) is 4.90 Å². The van der Waals surface area contributed by atoms with Crippen LogP contribution < -0.4 is 5.73 Å². The normalized spacial score (nSPS) is 16.9. The number of hydrogen-bond acceptors (Lipinski definition) is 4. The highest BCUT2D eigenvalue weighted by atomic mass is 35.5. The van der Waals surface area contributed by atoms with Gasteiger partial charge in [-0.2, -0.15) is 4.31 Å². The first-order valence-electron chi connectivity index (χ1n) is 6.64. The fourth-order valence-electron chi connectivity index (χ4n) is 2.65. The molecule has 5 nitrogen and oxygen atoms in total. The lowest BCUT2D eigenvalue weighted by Crippen LogP contribution is -2.40. The van der Waals surface area contributed by atoms with E-state index in [4.69, 9.17) is 22.4 Å². The van der Waals surface area contributed by atoms with Crippen molar-refractivity contribution in [3.05, 3.63) is 23.2 Å². The standard InChI is InChI=1S/C13H19ClN2O3S/c14-10-5-6-12(15)13(9-10)20(18,19)16(7-8-17)11-3-1-2-4-11/h5-6,9,11,17H,1-4,7-8,15H2. The summed E-state index contributed by atoms with van der Waals surface area (Å²) in [5.41, 5.74) is 5.96. The maximum Gasteiger partial charge on any atom is 0.245 e. The summed E-state index contributed by atoms with van der Waals surface area (Å²) < 4.78 is 26.9. The first-order valence-corrected chi connectivity index (χ1v) is 8.46. The van der Waals surface area contributed by atoms with Crippen LogP contribution in [-0.4, -0.2) is 37.0 Å². The van der Waals surface area contributed by atoms with Crippen LogP contribution in [0.3, 0.4) is 0 Å². The van der Waals surface area contributed by atoms with E-state index in [1.165, 1.54) is 16.4 Å². The molecule has 0 saturated heterocycles. The van der Waals surface area contributed by atoms with Crippen LogP contribution in [0.15, 0.2) is 23.1 Å². The number of nitrogens with two attached hydrogens (primary N) is 1. The quantitative estimate of drug-likeness (QED) is 0.811. The Morgan fingerprint density at radius 1 is 1.35 bits per heavy atom. The maximum atomic E-state index is 12.8. The lowest BCUT2D eigenvalue weighted by atomic mass is 10.2. The summed E-state index contributed by atoms with van der Waals surface area (Å²) in [5, 5.41) is 9.49. The van der Waals surface area contributed by atoms with Crippen molar-refractivity contribution in [3.63, 3.8) is 0 Å². The Hall–Kier alpha value is -0.820. The molecule has 0 aliphatic heterocycles. The Morgan fingerprint density at radius 2 is 2.00 bits per heavy atom. The number of aliphatic hydroxyl groups is 1. The predicted octanol–water partition coefficient (Wildman–Crippen LogP) is 1.85. The summed E-state index contributed by atoms with van der Waals surface area (Å²) in [5.74, 6) is 0. The Labute approximate surface area is 124 Å². The predicted molar refractivity (Wildman–Crippen MR) is 79.1 cm³/mol. The molecule has 1 aliphatic carbocycles. The zero-order valence-electron chi connectivity index (χ0n) is 11.1. The van der Waals surface area contributed by atoms with E-state index in [9.17, 15) is 8.42 Å². The lowest BCUT2D eigenvalue weighted by molar-refractivity contribution is 0.226. The van der Waals surface area contributed by atoms with Gasteiger partial charge >= 0.3 is 0 Å². The van der Waals surface area contributed by atoms with Crippen molar-refractivity contribution in [2.75, 3.05) is 18.9 Å². The van der Waals surface area contributed by atoms with E-state index in [1.807, 2.05) is 0 Å². The van der Waals surface area contributed by atoms with Gasteiger partial charge in [0.2, 0.25) is 10.0 Å². The Bertz CT molecular complexity index is 571. The summed E-state index contributed by atoms with van der Waals surface area (Å²) in [6.07, 6.45) is 3.65. The third-order valence-corrected chi connectivity index (χ3v) is 5.86. The summed E-state index contributed by atoms with van der Waals surface area (Å²) >= 11 is 5.88. The molecule has 7 heteroatoms. The smallest absolute Gasteiger partial charge is 0.245 e. The first-order chi connectivity index (χ1) is 9.46. The van der Waals surface area contributed by atoms with Crippen LogP contribution in [0.5, 0.6) is 0 Å². The summed E-state index contributed by atoms with van der Waals surface area (Å²) in [7, 11) is -3.74. The molecule has 112 valence electrons. The molecular weight excluding hydrogens is 300 g/mol. The second kappa shape index (κ2) is 6.30. The topological polar surface area (TPSA) is 83.6 Å². The molecule has 0 heterocycles. The summed E-state index contributed by atoms with van der Waals surface area (Å²) in [6.45, 7) is -0.130. The molecule has 1 aliphatic rings. The highest BCUT2D eigenvalue weighted by Gasteiger charge is 2.34. The number of rotatable bonds is 5. The lowest BCUT2D eigenvalue weighted by Gasteiger charge is -2.27. The van der Waals surface area contributed by atoms with Crippen LogP contribution >= 0.6 is 11.6 Å². The molecule has 1 fully saturated rings. The van der Waals surface area contributed by atoms with Gasteiger partial charge in [0, 0.05) is 17.6 Å². The average Bonchev–Trinajstić information content (AvgIpc) is 2.92. The third kappa shape index (κ3) is 3.09. The van der Waals surface area contributed by atoms with Crippen LogP contribution in [0.2, 0.25) is 5.02 Å².